The molecule has 0 atom stereocenters. The highest BCUT2D eigenvalue weighted by Crippen LogP contribution is 2.24. The third-order valence-corrected chi connectivity index (χ3v) is 4.15. The summed E-state index contributed by atoms with van der Waals surface area (Å²) in [4.78, 5) is 23.8. The lowest BCUT2D eigenvalue weighted by Crippen LogP contribution is -2.19. The molecular weight excluding hydrogens is 316 g/mol. The van der Waals surface area contributed by atoms with E-state index in [9.17, 15) is 9.59 Å². The quantitative estimate of drug-likeness (QED) is 0.697. The average Bonchev–Trinajstić information content (AvgIpc) is 2.88. The molecule has 3 aromatic rings. The van der Waals surface area contributed by atoms with Crippen LogP contribution in [-0.4, -0.2) is 23.4 Å². The summed E-state index contributed by atoms with van der Waals surface area (Å²) in [5.74, 6) is 0.619. The molecule has 0 saturated carbocycles. The first-order chi connectivity index (χ1) is 12.1. The van der Waals surface area contributed by atoms with Gasteiger partial charge in [0.1, 0.15) is 12.3 Å². The molecule has 0 spiro atoms. The van der Waals surface area contributed by atoms with Gasteiger partial charge in [-0.1, -0.05) is 18.2 Å². The van der Waals surface area contributed by atoms with Gasteiger partial charge in [0.25, 0.3) is 0 Å². The van der Waals surface area contributed by atoms with E-state index in [2.05, 4.69) is 5.32 Å². The lowest BCUT2D eigenvalue weighted by Gasteiger charge is -2.10. The van der Waals surface area contributed by atoms with Crippen LogP contribution >= 0.6 is 0 Å². The van der Waals surface area contributed by atoms with Gasteiger partial charge < -0.3 is 14.6 Å². The lowest BCUT2D eigenvalue weighted by atomic mass is 10.1. The van der Waals surface area contributed by atoms with E-state index >= 15 is 0 Å². The number of amides is 1. The molecule has 3 rings (SSSR count). The molecule has 0 unspecified atom stereocenters. The Balaban J connectivity index is 1.80. The second-order valence-electron chi connectivity index (χ2n) is 5.73. The van der Waals surface area contributed by atoms with Crippen molar-refractivity contribution in [3.8, 4) is 5.75 Å². The van der Waals surface area contributed by atoms with Crippen molar-refractivity contribution in [1.82, 2.24) is 4.57 Å². The van der Waals surface area contributed by atoms with Crippen LogP contribution in [0.3, 0.4) is 0 Å². The first-order valence-corrected chi connectivity index (χ1v) is 8.19. The zero-order chi connectivity index (χ0) is 17.8. The number of ether oxygens (including phenoxy) is 1. The number of carbonyl (C=O) groups excluding carboxylic acids is 2. The van der Waals surface area contributed by atoms with Crippen molar-refractivity contribution in [2.24, 2.45) is 0 Å². The molecule has 128 valence electrons. The Labute approximate surface area is 146 Å². The van der Waals surface area contributed by atoms with Crippen molar-refractivity contribution < 1.29 is 14.3 Å². The summed E-state index contributed by atoms with van der Waals surface area (Å²) in [5.41, 5.74) is 3.00. The van der Waals surface area contributed by atoms with E-state index in [4.69, 9.17) is 4.74 Å². The molecule has 0 aliphatic heterocycles. The molecule has 1 amide bonds. The summed E-state index contributed by atoms with van der Waals surface area (Å²) < 4.78 is 7.25. The van der Waals surface area contributed by atoms with Crippen molar-refractivity contribution in [3.05, 3.63) is 59.8 Å². The number of para-hydroxylation sites is 1. The number of hydrogen-bond acceptors (Lipinski definition) is 3. The van der Waals surface area contributed by atoms with Crippen LogP contribution in [0.25, 0.3) is 10.9 Å². The van der Waals surface area contributed by atoms with Crippen molar-refractivity contribution in [2.75, 3.05) is 11.9 Å². The first kappa shape index (κ1) is 16.8. The van der Waals surface area contributed by atoms with Gasteiger partial charge in [-0.05, 0) is 44.2 Å². The number of aromatic nitrogens is 1. The minimum atomic E-state index is -0.148. The van der Waals surface area contributed by atoms with Crippen molar-refractivity contribution in [3.63, 3.8) is 0 Å². The molecule has 1 heterocycles. The lowest BCUT2D eigenvalue weighted by molar-refractivity contribution is -0.116. The van der Waals surface area contributed by atoms with Crippen LogP contribution in [0.2, 0.25) is 0 Å². The summed E-state index contributed by atoms with van der Waals surface area (Å²) in [6.07, 6.45) is 0.846. The molecule has 0 bridgehead atoms. The van der Waals surface area contributed by atoms with Crippen LogP contribution < -0.4 is 10.1 Å². The summed E-state index contributed by atoms with van der Waals surface area (Å²) in [5, 5.41) is 3.74. The Kier molecular flexibility index (Phi) is 4.84. The number of nitrogens with zero attached hydrogens (tertiary/aromatic N) is 1. The van der Waals surface area contributed by atoms with Crippen LogP contribution in [-0.2, 0) is 11.3 Å². The fourth-order valence-corrected chi connectivity index (χ4v) is 2.96. The van der Waals surface area contributed by atoms with Gasteiger partial charge in [0.05, 0.1) is 6.61 Å². The van der Waals surface area contributed by atoms with Gasteiger partial charge in [-0.2, -0.15) is 0 Å². The van der Waals surface area contributed by atoms with Crippen molar-refractivity contribution in [2.45, 2.75) is 20.4 Å². The number of hydrogen-bond donors (Lipinski definition) is 1. The Morgan fingerprint density at radius 1 is 1.16 bits per heavy atom. The van der Waals surface area contributed by atoms with Crippen molar-refractivity contribution in [1.29, 1.82) is 0 Å². The standard InChI is InChI=1S/C20H20N2O3/c1-3-25-16-10-8-15(9-11-16)21-20(24)12-22-14(2)18(13-23)17-6-4-5-7-19(17)22/h4-11,13H,3,12H2,1-2H3,(H,21,24). The SMILES string of the molecule is CCOc1ccc(NC(=O)Cn2c(C)c(C=O)c3ccccc32)cc1. The minimum Gasteiger partial charge on any atom is -0.494 e. The summed E-state index contributed by atoms with van der Waals surface area (Å²) >= 11 is 0. The molecule has 0 aliphatic rings. The summed E-state index contributed by atoms with van der Waals surface area (Å²) in [6.45, 7) is 4.53. The Bertz CT molecular complexity index is 911. The highest BCUT2D eigenvalue weighted by atomic mass is 16.5. The fourth-order valence-electron chi connectivity index (χ4n) is 2.96. The molecule has 0 saturated heterocycles. The maximum atomic E-state index is 12.4. The molecule has 25 heavy (non-hydrogen) atoms. The third kappa shape index (κ3) is 3.40. The van der Waals surface area contributed by atoms with Gasteiger partial charge in [-0.25, -0.2) is 0 Å². The molecule has 1 N–H and O–H groups in total. The van der Waals surface area contributed by atoms with E-state index in [-0.39, 0.29) is 12.5 Å². The highest BCUT2D eigenvalue weighted by molar-refractivity contribution is 6.00. The normalized spacial score (nSPS) is 10.6. The smallest absolute Gasteiger partial charge is 0.244 e. The summed E-state index contributed by atoms with van der Waals surface area (Å²) in [7, 11) is 0. The Morgan fingerprint density at radius 3 is 2.56 bits per heavy atom. The molecule has 5 heteroatoms. The molecule has 0 aliphatic carbocycles. The number of benzene rings is 2. The minimum absolute atomic E-state index is 0.146. The predicted molar refractivity (Wildman–Crippen MR) is 98.3 cm³/mol. The first-order valence-electron chi connectivity index (χ1n) is 8.19. The van der Waals surface area contributed by atoms with Crippen LogP contribution in [0, 0.1) is 6.92 Å². The zero-order valence-electron chi connectivity index (χ0n) is 14.3. The second kappa shape index (κ2) is 7.21. The maximum absolute atomic E-state index is 12.4. The topological polar surface area (TPSA) is 60.3 Å². The molecule has 2 aromatic carbocycles. The van der Waals surface area contributed by atoms with Crippen LogP contribution in [0.1, 0.15) is 23.0 Å². The van der Waals surface area contributed by atoms with Crippen LogP contribution in [0.4, 0.5) is 5.69 Å². The van der Waals surface area contributed by atoms with Gasteiger partial charge in [-0.3, -0.25) is 9.59 Å². The van der Waals surface area contributed by atoms with Gasteiger partial charge in [0.15, 0.2) is 6.29 Å². The maximum Gasteiger partial charge on any atom is 0.244 e. The van der Waals surface area contributed by atoms with Gasteiger partial charge in [-0.15, -0.1) is 0 Å². The van der Waals surface area contributed by atoms with E-state index in [0.29, 0.717) is 17.9 Å². The monoisotopic (exact) mass is 336 g/mol. The Morgan fingerprint density at radius 2 is 1.88 bits per heavy atom. The van der Waals surface area contributed by atoms with Gasteiger partial charge in [0, 0.05) is 27.8 Å². The molecule has 5 nitrogen and oxygen atoms in total. The number of rotatable bonds is 6. The fraction of sp³-hybridized carbons (Fsp3) is 0.200. The molecule has 0 fully saturated rings. The van der Waals surface area contributed by atoms with E-state index in [1.807, 2.05) is 54.8 Å². The van der Waals surface area contributed by atoms with E-state index < -0.39 is 0 Å². The predicted octanol–water partition coefficient (Wildman–Crippen LogP) is 3.80. The average molecular weight is 336 g/mol. The molecule has 1 aromatic heterocycles. The van der Waals surface area contributed by atoms with Crippen LogP contribution in [0.5, 0.6) is 5.75 Å². The molecule has 0 radical (unpaired) electrons. The van der Waals surface area contributed by atoms with E-state index in [0.717, 1.165) is 28.6 Å². The number of nitrogens with one attached hydrogen (secondary N) is 1. The van der Waals surface area contributed by atoms with E-state index in [1.165, 1.54) is 0 Å². The van der Waals surface area contributed by atoms with Crippen LogP contribution in [0.15, 0.2) is 48.5 Å². The summed E-state index contributed by atoms with van der Waals surface area (Å²) in [6, 6.07) is 14.9. The largest absolute Gasteiger partial charge is 0.494 e. The number of fused-ring (bicyclic) bond motifs is 1. The van der Waals surface area contributed by atoms with Crippen molar-refractivity contribution >= 4 is 28.8 Å². The number of aldehydes is 1. The van der Waals surface area contributed by atoms with Gasteiger partial charge in [0.2, 0.25) is 5.91 Å². The van der Waals surface area contributed by atoms with E-state index in [1.54, 1.807) is 12.1 Å². The van der Waals surface area contributed by atoms with Gasteiger partial charge >= 0.3 is 0 Å². The molecular formula is C20H20N2O3. The second-order valence-corrected chi connectivity index (χ2v) is 5.73. The zero-order valence-corrected chi connectivity index (χ0v) is 14.3. The number of carbonyl (C=O) groups is 2. The third-order valence-electron chi connectivity index (χ3n) is 4.15. The Hall–Kier alpha value is -3.08. The number of anilines is 1. The highest BCUT2D eigenvalue weighted by Gasteiger charge is 2.15.